The third-order valence-electron chi connectivity index (χ3n) is 2.64. The zero-order valence-corrected chi connectivity index (χ0v) is 11.0. The smallest absolute Gasteiger partial charge is 0.136 e. The summed E-state index contributed by atoms with van der Waals surface area (Å²) in [4.78, 5) is 0. The van der Waals surface area contributed by atoms with Crippen molar-refractivity contribution in [3.63, 3.8) is 0 Å². The van der Waals surface area contributed by atoms with Crippen LogP contribution >= 0.6 is 9.24 Å². The van der Waals surface area contributed by atoms with Gasteiger partial charge in [-0.25, -0.2) is 8.78 Å². The predicted octanol–water partition coefficient (Wildman–Crippen LogP) is 3.38. The minimum atomic E-state index is -0.456. The minimum absolute atomic E-state index is 0.107. The van der Waals surface area contributed by atoms with Crippen LogP contribution in [0.3, 0.4) is 0 Å². The first-order chi connectivity index (χ1) is 6.68. The van der Waals surface area contributed by atoms with Gasteiger partial charge in [0.15, 0.2) is 0 Å². The fourth-order valence-corrected chi connectivity index (χ4v) is 2.20. The summed E-state index contributed by atoms with van der Waals surface area (Å²) in [5, 5.41) is 0.471. The predicted molar refractivity (Wildman–Crippen MR) is 63.9 cm³/mol. The molecule has 1 atom stereocenters. The van der Waals surface area contributed by atoms with Crippen molar-refractivity contribution in [2.75, 3.05) is 0 Å². The molecule has 0 N–H and O–H groups in total. The van der Waals surface area contributed by atoms with Crippen molar-refractivity contribution < 1.29 is 8.78 Å². The van der Waals surface area contributed by atoms with Gasteiger partial charge in [0.25, 0.3) is 0 Å². The number of hydrogen-bond donors (Lipinski definition) is 0. The second-order valence-corrected chi connectivity index (χ2v) is 5.49. The Balaban J connectivity index is 3.68. The van der Waals surface area contributed by atoms with E-state index in [-0.39, 0.29) is 11.0 Å². The molecule has 84 valence electrons. The van der Waals surface area contributed by atoms with Crippen LogP contribution in [0.25, 0.3) is 0 Å². The van der Waals surface area contributed by atoms with Crippen LogP contribution in [0.4, 0.5) is 8.78 Å². The molecule has 1 rings (SSSR count). The third-order valence-corrected chi connectivity index (χ3v) is 3.33. The summed E-state index contributed by atoms with van der Waals surface area (Å²) in [5.74, 6) is -0.869. The van der Waals surface area contributed by atoms with Crippen molar-refractivity contribution in [3.05, 3.63) is 28.3 Å². The van der Waals surface area contributed by atoms with E-state index in [9.17, 15) is 8.78 Å². The second-order valence-electron chi connectivity index (χ2n) is 4.92. The Morgan fingerprint density at radius 1 is 0.933 bits per heavy atom. The van der Waals surface area contributed by atoms with Crippen molar-refractivity contribution >= 4 is 14.5 Å². The SMILES string of the molecule is Cc1c(F)c(P)c(C)c(C(C)(C)C)c1F. The van der Waals surface area contributed by atoms with Gasteiger partial charge in [0, 0.05) is 10.9 Å². The summed E-state index contributed by atoms with van der Waals surface area (Å²) >= 11 is 0. The van der Waals surface area contributed by atoms with Crippen LogP contribution in [-0.2, 0) is 5.41 Å². The molecule has 0 aliphatic rings. The maximum Gasteiger partial charge on any atom is 0.136 e. The molecule has 0 heterocycles. The first kappa shape index (κ1) is 12.6. The molecule has 0 saturated heterocycles. The van der Waals surface area contributed by atoms with Gasteiger partial charge in [-0.1, -0.05) is 20.8 Å². The molecule has 0 nitrogen and oxygen atoms in total. The molecule has 15 heavy (non-hydrogen) atoms. The molecule has 0 fully saturated rings. The van der Waals surface area contributed by atoms with Gasteiger partial charge in [0.05, 0.1) is 0 Å². The molecule has 0 aliphatic carbocycles. The number of hydrogen-bond acceptors (Lipinski definition) is 0. The van der Waals surface area contributed by atoms with Crippen molar-refractivity contribution in [3.8, 4) is 0 Å². The second kappa shape index (κ2) is 3.83. The van der Waals surface area contributed by atoms with Crippen molar-refractivity contribution in [2.45, 2.75) is 40.0 Å². The van der Waals surface area contributed by atoms with E-state index in [1.807, 2.05) is 20.8 Å². The molecule has 0 aromatic heterocycles. The highest BCUT2D eigenvalue weighted by atomic mass is 31.0. The molecule has 3 heteroatoms. The monoisotopic (exact) mass is 230 g/mol. The lowest BCUT2D eigenvalue weighted by atomic mass is 9.82. The molecule has 0 amide bonds. The Morgan fingerprint density at radius 2 is 1.40 bits per heavy atom. The van der Waals surface area contributed by atoms with Crippen LogP contribution in [0.5, 0.6) is 0 Å². The highest BCUT2D eigenvalue weighted by Crippen LogP contribution is 2.30. The van der Waals surface area contributed by atoms with E-state index in [2.05, 4.69) is 9.24 Å². The quantitative estimate of drug-likeness (QED) is 0.599. The number of rotatable bonds is 0. The van der Waals surface area contributed by atoms with Crippen LogP contribution < -0.4 is 5.30 Å². The third kappa shape index (κ3) is 2.06. The van der Waals surface area contributed by atoms with Crippen LogP contribution in [-0.4, -0.2) is 0 Å². The lowest BCUT2D eigenvalue weighted by molar-refractivity contribution is 0.502. The van der Waals surface area contributed by atoms with Gasteiger partial charge in [-0.2, -0.15) is 0 Å². The Bertz CT molecular complexity index is 374. The van der Waals surface area contributed by atoms with Crippen molar-refractivity contribution in [1.29, 1.82) is 0 Å². The van der Waals surface area contributed by atoms with Gasteiger partial charge >= 0.3 is 0 Å². The lowest BCUT2D eigenvalue weighted by Gasteiger charge is -2.25. The Hall–Kier alpha value is -0.490. The molecule has 1 unspecified atom stereocenters. The van der Waals surface area contributed by atoms with E-state index in [1.165, 1.54) is 6.92 Å². The van der Waals surface area contributed by atoms with Crippen LogP contribution in [0.2, 0.25) is 0 Å². The molecule has 0 spiro atoms. The lowest BCUT2D eigenvalue weighted by Crippen LogP contribution is -2.22. The summed E-state index contributed by atoms with van der Waals surface area (Å²) < 4.78 is 27.5. The minimum Gasteiger partial charge on any atom is -0.206 e. The maximum atomic E-state index is 14.0. The molecule has 1 aromatic carbocycles. The van der Waals surface area contributed by atoms with E-state index >= 15 is 0 Å². The van der Waals surface area contributed by atoms with Gasteiger partial charge in [-0.05, 0) is 30.4 Å². The van der Waals surface area contributed by atoms with E-state index in [0.717, 1.165) is 0 Å². The van der Waals surface area contributed by atoms with E-state index in [0.29, 0.717) is 16.4 Å². The van der Waals surface area contributed by atoms with E-state index in [1.54, 1.807) is 6.92 Å². The summed E-state index contributed by atoms with van der Waals surface area (Å²) in [5.41, 5.74) is 1.09. The molecule has 0 bridgehead atoms. The van der Waals surface area contributed by atoms with E-state index < -0.39 is 11.6 Å². The molecule has 1 aromatic rings. The maximum absolute atomic E-state index is 14.0. The first-order valence-corrected chi connectivity index (χ1v) is 5.49. The zero-order valence-electron chi connectivity index (χ0n) is 9.83. The fourth-order valence-electron chi connectivity index (χ4n) is 1.84. The molecule has 0 aliphatic heterocycles. The molecular weight excluding hydrogens is 213 g/mol. The van der Waals surface area contributed by atoms with Gasteiger partial charge in [-0.3, -0.25) is 0 Å². The topological polar surface area (TPSA) is 0 Å². The van der Waals surface area contributed by atoms with Crippen molar-refractivity contribution in [1.82, 2.24) is 0 Å². The van der Waals surface area contributed by atoms with Gasteiger partial charge in [-0.15, -0.1) is 9.24 Å². The summed E-state index contributed by atoms with van der Waals surface area (Å²) in [6, 6.07) is 0. The van der Waals surface area contributed by atoms with Crippen LogP contribution in [0.1, 0.15) is 37.5 Å². The summed E-state index contributed by atoms with van der Waals surface area (Å²) in [7, 11) is 2.35. The highest BCUT2D eigenvalue weighted by Gasteiger charge is 2.25. The van der Waals surface area contributed by atoms with Crippen LogP contribution in [0.15, 0.2) is 0 Å². The summed E-state index contributed by atoms with van der Waals surface area (Å²) in [6.07, 6.45) is 0. The highest BCUT2D eigenvalue weighted by molar-refractivity contribution is 7.27. The number of benzene rings is 1. The van der Waals surface area contributed by atoms with Crippen molar-refractivity contribution in [2.24, 2.45) is 0 Å². The average Bonchev–Trinajstić information content (AvgIpc) is 2.09. The molecular formula is C12H17F2P. The zero-order chi connectivity index (χ0) is 12.0. The molecule has 0 radical (unpaired) electrons. The Labute approximate surface area is 92.3 Å². The van der Waals surface area contributed by atoms with E-state index in [4.69, 9.17) is 0 Å². The average molecular weight is 230 g/mol. The van der Waals surface area contributed by atoms with Gasteiger partial charge in [0.1, 0.15) is 11.6 Å². The standard InChI is InChI=1S/C12H17F2P/c1-6-8(12(3,4)5)9(13)7(2)10(14)11(6)15/h15H2,1-5H3. The summed E-state index contributed by atoms with van der Waals surface area (Å²) in [6.45, 7) is 9.03. The Kier molecular flexibility index (Phi) is 3.21. The Morgan fingerprint density at radius 3 is 1.80 bits per heavy atom. The fraction of sp³-hybridized carbons (Fsp3) is 0.500. The first-order valence-electron chi connectivity index (χ1n) is 4.92. The normalized spacial score (nSPS) is 12.0. The van der Waals surface area contributed by atoms with Gasteiger partial charge < -0.3 is 0 Å². The largest absolute Gasteiger partial charge is 0.206 e. The van der Waals surface area contributed by atoms with Gasteiger partial charge in [0.2, 0.25) is 0 Å². The number of halogens is 2. The molecule has 0 saturated carbocycles. The van der Waals surface area contributed by atoms with Crippen LogP contribution in [0, 0.1) is 25.5 Å².